The van der Waals surface area contributed by atoms with Crippen LogP contribution in [0.15, 0.2) is 52.4 Å². The SMILES string of the molecule is CCCn1c(=NC(=O)c2ccc(S(=O)(=O)N(CC)CC)cc2)sc2cccc(F)c21. The average molecular weight is 450 g/mol. The van der Waals surface area contributed by atoms with Crippen molar-refractivity contribution >= 4 is 37.5 Å². The third-order valence-electron chi connectivity index (χ3n) is 4.74. The summed E-state index contributed by atoms with van der Waals surface area (Å²) < 4.78 is 43.3. The lowest BCUT2D eigenvalue weighted by atomic mass is 10.2. The second-order valence-electron chi connectivity index (χ2n) is 6.65. The van der Waals surface area contributed by atoms with Crippen molar-refractivity contribution in [3.8, 4) is 0 Å². The van der Waals surface area contributed by atoms with E-state index in [1.54, 1.807) is 30.5 Å². The molecule has 0 saturated carbocycles. The number of aromatic nitrogens is 1. The summed E-state index contributed by atoms with van der Waals surface area (Å²) in [6.07, 6.45) is 0.763. The molecule has 9 heteroatoms. The quantitative estimate of drug-likeness (QED) is 0.547. The highest BCUT2D eigenvalue weighted by Crippen LogP contribution is 2.21. The molecule has 0 fully saturated rings. The van der Waals surface area contributed by atoms with Crippen LogP contribution in [-0.2, 0) is 16.6 Å². The van der Waals surface area contributed by atoms with Crippen LogP contribution in [0.25, 0.3) is 10.2 Å². The van der Waals surface area contributed by atoms with Crippen LogP contribution in [0.5, 0.6) is 0 Å². The summed E-state index contributed by atoms with van der Waals surface area (Å²) >= 11 is 1.25. The molecule has 0 aliphatic carbocycles. The van der Waals surface area contributed by atoms with E-state index in [4.69, 9.17) is 0 Å². The lowest BCUT2D eigenvalue weighted by Gasteiger charge is -2.18. The lowest BCUT2D eigenvalue weighted by molar-refractivity contribution is 0.0997. The number of nitrogens with zero attached hydrogens (tertiary/aromatic N) is 3. The Bertz CT molecular complexity index is 1220. The summed E-state index contributed by atoms with van der Waals surface area (Å²) in [6, 6.07) is 10.6. The van der Waals surface area contributed by atoms with Crippen LogP contribution in [0.3, 0.4) is 0 Å². The zero-order valence-electron chi connectivity index (χ0n) is 17.1. The number of thiazole rings is 1. The predicted molar refractivity (Wildman–Crippen MR) is 117 cm³/mol. The van der Waals surface area contributed by atoms with Gasteiger partial charge in [-0.2, -0.15) is 9.30 Å². The topological polar surface area (TPSA) is 71.7 Å². The number of benzene rings is 2. The number of carbonyl (C=O) groups is 1. The lowest BCUT2D eigenvalue weighted by Crippen LogP contribution is -2.30. The van der Waals surface area contributed by atoms with Gasteiger partial charge >= 0.3 is 0 Å². The van der Waals surface area contributed by atoms with E-state index >= 15 is 0 Å². The zero-order chi connectivity index (χ0) is 21.9. The van der Waals surface area contributed by atoms with E-state index in [0.717, 1.165) is 11.1 Å². The molecular weight excluding hydrogens is 425 g/mol. The molecule has 6 nitrogen and oxygen atoms in total. The number of hydrogen-bond donors (Lipinski definition) is 0. The molecule has 0 atom stereocenters. The molecule has 160 valence electrons. The summed E-state index contributed by atoms with van der Waals surface area (Å²) in [5.74, 6) is -0.851. The summed E-state index contributed by atoms with van der Waals surface area (Å²) in [5, 5.41) is 0. The van der Waals surface area contributed by atoms with Crippen molar-refractivity contribution in [2.24, 2.45) is 4.99 Å². The minimum atomic E-state index is -3.59. The molecule has 1 aromatic heterocycles. The van der Waals surface area contributed by atoms with Gasteiger partial charge in [0.15, 0.2) is 4.80 Å². The van der Waals surface area contributed by atoms with Crippen LogP contribution in [0.1, 0.15) is 37.6 Å². The molecule has 1 amide bonds. The van der Waals surface area contributed by atoms with E-state index in [0.29, 0.717) is 30.0 Å². The van der Waals surface area contributed by atoms with Crippen LogP contribution in [0.2, 0.25) is 0 Å². The monoisotopic (exact) mass is 449 g/mol. The van der Waals surface area contributed by atoms with Crippen molar-refractivity contribution in [1.82, 2.24) is 8.87 Å². The van der Waals surface area contributed by atoms with Gasteiger partial charge in [-0.15, -0.1) is 0 Å². The highest BCUT2D eigenvalue weighted by molar-refractivity contribution is 7.89. The van der Waals surface area contributed by atoms with Gasteiger partial charge < -0.3 is 4.57 Å². The molecule has 3 aromatic rings. The maximum Gasteiger partial charge on any atom is 0.279 e. The highest BCUT2D eigenvalue weighted by atomic mass is 32.2. The van der Waals surface area contributed by atoms with E-state index in [2.05, 4.69) is 4.99 Å². The van der Waals surface area contributed by atoms with Crippen molar-refractivity contribution in [2.75, 3.05) is 13.1 Å². The van der Waals surface area contributed by atoms with Crippen molar-refractivity contribution in [2.45, 2.75) is 38.6 Å². The highest BCUT2D eigenvalue weighted by Gasteiger charge is 2.21. The van der Waals surface area contributed by atoms with Gasteiger partial charge in [0.25, 0.3) is 5.91 Å². The standard InChI is InChI=1S/C21H24FN3O3S2/c1-4-14-25-19-17(22)8-7-9-18(19)29-21(25)23-20(26)15-10-12-16(13-11-15)30(27,28)24(5-2)6-3/h7-13H,4-6,14H2,1-3H3. The van der Waals surface area contributed by atoms with Crippen molar-refractivity contribution in [3.05, 3.63) is 58.6 Å². The minimum Gasteiger partial charge on any atom is -0.314 e. The number of fused-ring (bicyclic) bond motifs is 1. The molecule has 0 N–H and O–H groups in total. The third-order valence-corrected chi connectivity index (χ3v) is 7.85. The Morgan fingerprint density at radius 1 is 1.10 bits per heavy atom. The summed E-state index contributed by atoms with van der Waals surface area (Å²) in [4.78, 5) is 17.5. The van der Waals surface area contributed by atoms with Gasteiger partial charge in [0.2, 0.25) is 10.0 Å². The van der Waals surface area contributed by atoms with Gasteiger partial charge in [-0.3, -0.25) is 4.79 Å². The molecule has 0 unspecified atom stereocenters. The fraction of sp³-hybridized carbons (Fsp3) is 0.333. The van der Waals surface area contributed by atoms with Crippen LogP contribution in [0, 0.1) is 5.82 Å². The molecule has 3 rings (SSSR count). The maximum absolute atomic E-state index is 14.3. The molecule has 0 bridgehead atoms. The predicted octanol–water partition coefficient (Wildman–Crippen LogP) is 4.02. The van der Waals surface area contributed by atoms with Crippen molar-refractivity contribution < 1.29 is 17.6 Å². The smallest absolute Gasteiger partial charge is 0.279 e. The normalized spacial score (nSPS) is 12.8. The van der Waals surface area contributed by atoms with Gasteiger partial charge in [0, 0.05) is 25.2 Å². The van der Waals surface area contributed by atoms with Gasteiger partial charge in [0.05, 0.1) is 15.1 Å². The number of amides is 1. The molecule has 2 aromatic carbocycles. The number of rotatable bonds is 7. The number of halogens is 1. The Hall–Kier alpha value is -2.36. The molecule has 0 radical (unpaired) electrons. The Morgan fingerprint density at radius 3 is 2.37 bits per heavy atom. The summed E-state index contributed by atoms with van der Waals surface area (Å²) in [6.45, 7) is 6.80. The number of para-hydroxylation sites is 1. The second-order valence-corrected chi connectivity index (χ2v) is 9.60. The number of carbonyl (C=O) groups excluding carboxylic acids is 1. The fourth-order valence-corrected chi connectivity index (χ4v) is 5.76. The Labute approximate surface area is 179 Å². The maximum atomic E-state index is 14.3. The van der Waals surface area contributed by atoms with E-state index in [9.17, 15) is 17.6 Å². The second kappa shape index (κ2) is 9.20. The minimum absolute atomic E-state index is 0.132. The van der Waals surface area contributed by atoms with E-state index in [1.807, 2.05) is 6.92 Å². The third kappa shape index (κ3) is 4.23. The number of sulfonamides is 1. The van der Waals surface area contributed by atoms with Gasteiger partial charge in [-0.1, -0.05) is 38.2 Å². The number of aryl methyl sites for hydroxylation is 1. The molecular formula is C21H24FN3O3S2. The molecule has 1 heterocycles. The Morgan fingerprint density at radius 2 is 1.77 bits per heavy atom. The van der Waals surface area contributed by atoms with Crippen molar-refractivity contribution in [1.29, 1.82) is 0 Å². The van der Waals surface area contributed by atoms with Gasteiger partial charge in [-0.05, 0) is 42.8 Å². The summed E-state index contributed by atoms with van der Waals surface area (Å²) in [5.41, 5.74) is 0.714. The zero-order valence-corrected chi connectivity index (χ0v) is 18.8. The molecule has 30 heavy (non-hydrogen) atoms. The van der Waals surface area contributed by atoms with Gasteiger partial charge in [-0.25, -0.2) is 12.8 Å². The van der Waals surface area contributed by atoms with E-state index < -0.39 is 15.9 Å². The molecule has 0 saturated heterocycles. The van der Waals surface area contributed by atoms with Crippen molar-refractivity contribution in [3.63, 3.8) is 0 Å². The first-order valence-electron chi connectivity index (χ1n) is 9.80. The Balaban J connectivity index is 2.00. The largest absolute Gasteiger partial charge is 0.314 e. The van der Waals surface area contributed by atoms with Gasteiger partial charge in [0.1, 0.15) is 5.82 Å². The molecule has 0 spiro atoms. The van der Waals surface area contributed by atoms with Crippen LogP contribution < -0.4 is 4.80 Å². The average Bonchev–Trinajstić information content (AvgIpc) is 3.07. The van der Waals surface area contributed by atoms with E-state index in [1.165, 1.54) is 46.0 Å². The van der Waals surface area contributed by atoms with E-state index in [-0.39, 0.29) is 16.3 Å². The summed E-state index contributed by atoms with van der Waals surface area (Å²) in [7, 11) is -3.59. The first-order chi connectivity index (χ1) is 14.3. The molecule has 0 aliphatic heterocycles. The van der Waals surface area contributed by atoms with Crippen LogP contribution in [-0.4, -0.2) is 36.3 Å². The first kappa shape index (κ1) is 22.3. The Kier molecular flexibility index (Phi) is 6.84. The van der Waals surface area contributed by atoms with Crippen LogP contribution in [0.4, 0.5) is 4.39 Å². The number of hydrogen-bond acceptors (Lipinski definition) is 4. The first-order valence-corrected chi connectivity index (χ1v) is 12.1. The molecule has 0 aliphatic rings. The van der Waals surface area contributed by atoms with Crippen LogP contribution >= 0.6 is 11.3 Å². The fourth-order valence-electron chi connectivity index (χ4n) is 3.24.